The van der Waals surface area contributed by atoms with Crippen LogP contribution in [-0.4, -0.2) is 25.0 Å². The van der Waals surface area contributed by atoms with Crippen LogP contribution in [0.2, 0.25) is 5.02 Å². The van der Waals surface area contributed by atoms with Gasteiger partial charge >= 0.3 is 0 Å². The second-order valence-corrected chi connectivity index (χ2v) is 6.17. The van der Waals surface area contributed by atoms with Crippen molar-refractivity contribution in [3.63, 3.8) is 0 Å². The molecule has 7 heteroatoms. The fraction of sp³-hybridized carbons (Fsp3) is 0.300. The molecule has 0 aliphatic carbocycles. The molecule has 0 spiro atoms. The van der Waals surface area contributed by atoms with Gasteiger partial charge in [0.05, 0.1) is 6.54 Å². The Morgan fingerprint density at radius 1 is 0.963 bits per heavy atom. The van der Waals surface area contributed by atoms with Crippen LogP contribution in [0.25, 0.3) is 0 Å². The van der Waals surface area contributed by atoms with Gasteiger partial charge in [0.15, 0.2) is 5.96 Å². The predicted octanol–water partition coefficient (Wildman–Crippen LogP) is 3.96. The molecule has 146 valence electrons. The highest BCUT2D eigenvalue weighted by Gasteiger charge is 2.05. The van der Waals surface area contributed by atoms with E-state index < -0.39 is 0 Å². The number of rotatable bonds is 7. The highest BCUT2D eigenvalue weighted by Crippen LogP contribution is 2.09. The maximum atomic E-state index is 11.9. The van der Waals surface area contributed by atoms with Crippen LogP contribution in [-0.2, 0) is 13.1 Å². The van der Waals surface area contributed by atoms with Crippen LogP contribution in [0.15, 0.2) is 53.5 Å². The molecule has 0 saturated heterocycles. The van der Waals surface area contributed by atoms with E-state index in [-0.39, 0.29) is 29.9 Å². The van der Waals surface area contributed by atoms with Gasteiger partial charge in [-0.2, -0.15) is 0 Å². The smallest absolute Gasteiger partial charge is 0.251 e. The molecular weight excluding hydrogens is 475 g/mol. The first-order valence-corrected chi connectivity index (χ1v) is 9.14. The van der Waals surface area contributed by atoms with E-state index >= 15 is 0 Å². The van der Waals surface area contributed by atoms with Crippen molar-refractivity contribution in [1.82, 2.24) is 16.0 Å². The van der Waals surface area contributed by atoms with Crippen molar-refractivity contribution in [3.8, 4) is 0 Å². The molecular formula is C20H26ClIN4O. The molecule has 2 rings (SSSR count). The number of benzene rings is 2. The van der Waals surface area contributed by atoms with Crippen LogP contribution in [0.1, 0.15) is 35.3 Å². The Morgan fingerprint density at radius 2 is 1.67 bits per heavy atom. The van der Waals surface area contributed by atoms with Gasteiger partial charge in [0.2, 0.25) is 0 Å². The predicted molar refractivity (Wildman–Crippen MR) is 123 cm³/mol. The Hall–Kier alpha value is -1.80. The van der Waals surface area contributed by atoms with Crippen molar-refractivity contribution >= 4 is 47.4 Å². The Bertz CT molecular complexity index is 750. The molecule has 0 aliphatic rings. The van der Waals surface area contributed by atoms with Gasteiger partial charge in [0, 0.05) is 30.2 Å². The Kier molecular flexibility index (Phi) is 10.8. The third kappa shape index (κ3) is 8.17. The quantitative estimate of drug-likeness (QED) is 0.306. The van der Waals surface area contributed by atoms with Gasteiger partial charge in [0.25, 0.3) is 5.91 Å². The first-order valence-electron chi connectivity index (χ1n) is 8.76. The van der Waals surface area contributed by atoms with Gasteiger partial charge in [-0.1, -0.05) is 35.9 Å². The maximum absolute atomic E-state index is 11.9. The molecule has 0 radical (unpaired) electrons. The maximum Gasteiger partial charge on any atom is 0.251 e. The molecule has 0 saturated carbocycles. The lowest BCUT2D eigenvalue weighted by Gasteiger charge is -2.12. The minimum Gasteiger partial charge on any atom is -0.357 e. The first kappa shape index (κ1) is 23.2. The summed E-state index contributed by atoms with van der Waals surface area (Å²) in [6.07, 6.45) is 0. The number of hydrogen-bond donors (Lipinski definition) is 3. The minimum atomic E-state index is -0.0638. The van der Waals surface area contributed by atoms with Gasteiger partial charge in [-0.25, -0.2) is 4.99 Å². The number of guanidine groups is 1. The third-order valence-corrected chi connectivity index (χ3v) is 3.92. The summed E-state index contributed by atoms with van der Waals surface area (Å²) in [7, 11) is 0. The van der Waals surface area contributed by atoms with Crippen molar-refractivity contribution in [3.05, 3.63) is 70.2 Å². The molecule has 0 heterocycles. The normalized spacial score (nSPS) is 10.7. The minimum absolute atomic E-state index is 0. The average molecular weight is 501 g/mol. The van der Waals surface area contributed by atoms with E-state index in [0.717, 1.165) is 28.7 Å². The molecule has 0 atom stereocenters. The molecule has 5 nitrogen and oxygen atoms in total. The monoisotopic (exact) mass is 500 g/mol. The summed E-state index contributed by atoms with van der Waals surface area (Å²) in [5.41, 5.74) is 2.76. The van der Waals surface area contributed by atoms with Gasteiger partial charge in [0.1, 0.15) is 0 Å². The summed E-state index contributed by atoms with van der Waals surface area (Å²) in [5.74, 6) is 0.664. The lowest BCUT2D eigenvalue weighted by Crippen LogP contribution is -2.36. The Morgan fingerprint density at radius 3 is 2.33 bits per heavy atom. The summed E-state index contributed by atoms with van der Waals surface area (Å²) in [6.45, 7) is 6.45. The highest BCUT2D eigenvalue weighted by molar-refractivity contribution is 14.0. The summed E-state index contributed by atoms with van der Waals surface area (Å²) in [6, 6.07) is 15.2. The van der Waals surface area contributed by atoms with E-state index in [4.69, 9.17) is 11.6 Å². The fourth-order valence-electron chi connectivity index (χ4n) is 2.37. The zero-order chi connectivity index (χ0) is 18.8. The van der Waals surface area contributed by atoms with Crippen LogP contribution in [0.3, 0.4) is 0 Å². The van der Waals surface area contributed by atoms with E-state index in [1.807, 2.05) is 62.4 Å². The van der Waals surface area contributed by atoms with Gasteiger partial charge in [-0.3, -0.25) is 4.79 Å². The number of nitrogens with one attached hydrogen (secondary N) is 3. The van der Waals surface area contributed by atoms with Crippen LogP contribution < -0.4 is 16.0 Å². The molecule has 0 unspecified atom stereocenters. The van der Waals surface area contributed by atoms with Crippen LogP contribution in [0.5, 0.6) is 0 Å². The number of carbonyl (C=O) groups is 1. The lowest BCUT2D eigenvalue weighted by molar-refractivity contribution is 0.0955. The van der Waals surface area contributed by atoms with Crippen molar-refractivity contribution in [1.29, 1.82) is 0 Å². The van der Waals surface area contributed by atoms with Gasteiger partial charge < -0.3 is 16.0 Å². The van der Waals surface area contributed by atoms with Crippen molar-refractivity contribution in [2.45, 2.75) is 26.9 Å². The standard InChI is InChI=1S/C20H25ClN4O.HI/c1-3-22-19(26)17-7-5-6-16(12-17)14-25-20(23-4-2)24-13-15-8-10-18(21)11-9-15;/h5-12H,3-4,13-14H2,1-2H3,(H,22,26)(H2,23,24,25);1H. The number of nitrogens with zero attached hydrogens (tertiary/aromatic N) is 1. The number of amides is 1. The molecule has 1 amide bonds. The number of aliphatic imine (C=N–C) groups is 1. The van der Waals surface area contributed by atoms with Crippen molar-refractivity contribution < 1.29 is 4.79 Å². The van der Waals surface area contributed by atoms with E-state index in [2.05, 4.69) is 20.9 Å². The Balaban J connectivity index is 0.00000364. The molecule has 3 N–H and O–H groups in total. The molecule has 0 bridgehead atoms. The molecule has 2 aromatic carbocycles. The van der Waals surface area contributed by atoms with Gasteiger partial charge in [-0.05, 0) is 49.2 Å². The second kappa shape index (κ2) is 12.6. The number of halogens is 2. The lowest BCUT2D eigenvalue weighted by atomic mass is 10.1. The van der Waals surface area contributed by atoms with Crippen LogP contribution >= 0.6 is 35.6 Å². The largest absolute Gasteiger partial charge is 0.357 e. The number of carbonyl (C=O) groups excluding carboxylic acids is 1. The second-order valence-electron chi connectivity index (χ2n) is 5.74. The van der Waals surface area contributed by atoms with E-state index in [1.165, 1.54) is 0 Å². The summed E-state index contributed by atoms with van der Waals surface area (Å²) in [4.78, 5) is 16.5. The molecule has 2 aromatic rings. The molecule has 0 aromatic heterocycles. The fourth-order valence-corrected chi connectivity index (χ4v) is 2.50. The van der Waals surface area contributed by atoms with E-state index in [0.29, 0.717) is 25.2 Å². The summed E-state index contributed by atoms with van der Waals surface area (Å²) in [5, 5.41) is 10.1. The van der Waals surface area contributed by atoms with Crippen molar-refractivity contribution in [2.75, 3.05) is 13.1 Å². The first-order chi connectivity index (χ1) is 12.6. The topological polar surface area (TPSA) is 65.5 Å². The zero-order valence-corrected chi connectivity index (χ0v) is 18.7. The SMILES string of the molecule is CCNC(=O)c1cccc(CN=C(NCC)NCc2ccc(Cl)cc2)c1.I. The number of hydrogen-bond acceptors (Lipinski definition) is 2. The Labute approximate surface area is 183 Å². The molecule has 0 fully saturated rings. The molecule has 0 aliphatic heterocycles. The zero-order valence-electron chi connectivity index (χ0n) is 15.6. The third-order valence-electron chi connectivity index (χ3n) is 3.66. The van der Waals surface area contributed by atoms with Crippen LogP contribution in [0.4, 0.5) is 0 Å². The average Bonchev–Trinajstić information content (AvgIpc) is 2.66. The highest BCUT2D eigenvalue weighted by atomic mass is 127. The summed E-state index contributed by atoms with van der Waals surface area (Å²) >= 11 is 5.91. The van der Waals surface area contributed by atoms with E-state index in [1.54, 1.807) is 0 Å². The molecule has 27 heavy (non-hydrogen) atoms. The summed E-state index contributed by atoms with van der Waals surface area (Å²) < 4.78 is 0. The van der Waals surface area contributed by atoms with E-state index in [9.17, 15) is 4.79 Å². The van der Waals surface area contributed by atoms with Gasteiger partial charge in [-0.15, -0.1) is 24.0 Å². The van der Waals surface area contributed by atoms with Crippen LogP contribution in [0, 0.1) is 0 Å². The van der Waals surface area contributed by atoms with Crippen molar-refractivity contribution in [2.24, 2.45) is 4.99 Å².